The van der Waals surface area contributed by atoms with Crippen LogP contribution in [0.5, 0.6) is 5.75 Å². The highest BCUT2D eigenvalue weighted by Gasteiger charge is 2.19. The van der Waals surface area contributed by atoms with Gasteiger partial charge in [-0.15, -0.1) is 0 Å². The zero-order chi connectivity index (χ0) is 12.5. The molecule has 0 spiro atoms. The van der Waals surface area contributed by atoms with Crippen LogP contribution >= 0.6 is 0 Å². The summed E-state index contributed by atoms with van der Waals surface area (Å²) in [7, 11) is 0. The fraction of sp³-hybridized carbons (Fsp3) is 0.333. The van der Waals surface area contributed by atoms with E-state index in [4.69, 9.17) is 0 Å². The van der Waals surface area contributed by atoms with Crippen molar-refractivity contribution in [2.45, 2.75) is 19.1 Å². The lowest BCUT2D eigenvalue weighted by Crippen LogP contribution is -2.21. The smallest absolute Gasteiger partial charge is 0.116 e. The molecule has 1 aliphatic heterocycles. The van der Waals surface area contributed by atoms with Gasteiger partial charge >= 0.3 is 0 Å². The quantitative estimate of drug-likeness (QED) is 0.849. The number of phenolic OH excluding ortho intramolecular Hbond substituents is 1. The van der Waals surface area contributed by atoms with Crippen molar-refractivity contribution in [3.05, 3.63) is 42.0 Å². The fourth-order valence-electron chi connectivity index (χ4n) is 2.59. The van der Waals surface area contributed by atoms with Crippen LogP contribution in [0, 0.1) is 0 Å². The summed E-state index contributed by atoms with van der Waals surface area (Å²) in [6, 6.07) is 11.7. The minimum absolute atomic E-state index is 0.164. The number of hydrogen-bond acceptors (Lipinski definition) is 3. The van der Waals surface area contributed by atoms with Crippen LogP contribution in [0.2, 0.25) is 0 Å². The topological polar surface area (TPSA) is 43.7 Å². The van der Waals surface area contributed by atoms with Crippen molar-refractivity contribution in [1.29, 1.82) is 0 Å². The Bertz CT molecular complexity index is 567. The van der Waals surface area contributed by atoms with Gasteiger partial charge < -0.3 is 10.2 Å². The first-order chi connectivity index (χ1) is 8.70. The standard InChI is InChI=1S/C15H17NO2/c17-14-4-3-12-7-11(1-2-13(12)8-14)9-16-6-5-15(18)10-16/h1-4,7-8,15,17-18H,5-6,9-10H2. The summed E-state index contributed by atoms with van der Waals surface area (Å²) >= 11 is 0. The summed E-state index contributed by atoms with van der Waals surface area (Å²) < 4.78 is 0. The molecule has 1 aliphatic rings. The Balaban J connectivity index is 1.82. The molecule has 0 aliphatic carbocycles. The molecule has 1 saturated heterocycles. The normalized spacial score (nSPS) is 20.6. The summed E-state index contributed by atoms with van der Waals surface area (Å²) in [5.74, 6) is 0.304. The Morgan fingerprint density at radius 3 is 2.67 bits per heavy atom. The molecule has 94 valence electrons. The first-order valence-corrected chi connectivity index (χ1v) is 6.33. The molecule has 2 N–H and O–H groups in total. The Morgan fingerprint density at radius 1 is 1.11 bits per heavy atom. The molecule has 1 atom stereocenters. The van der Waals surface area contributed by atoms with E-state index in [1.54, 1.807) is 12.1 Å². The molecule has 0 bridgehead atoms. The number of benzene rings is 2. The van der Waals surface area contributed by atoms with Crippen LogP contribution < -0.4 is 0 Å². The third kappa shape index (κ3) is 2.33. The lowest BCUT2D eigenvalue weighted by atomic mass is 10.1. The maximum atomic E-state index is 9.51. The Labute approximate surface area is 106 Å². The number of phenols is 1. The largest absolute Gasteiger partial charge is 0.508 e. The van der Waals surface area contributed by atoms with Crippen molar-refractivity contribution in [3.63, 3.8) is 0 Å². The van der Waals surface area contributed by atoms with Gasteiger partial charge in [0.25, 0.3) is 0 Å². The molecule has 18 heavy (non-hydrogen) atoms. The first-order valence-electron chi connectivity index (χ1n) is 6.33. The molecule has 0 amide bonds. The van der Waals surface area contributed by atoms with Crippen molar-refractivity contribution in [2.75, 3.05) is 13.1 Å². The number of aromatic hydroxyl groups is 1. The molecule has 0 saturated carbocycles. The monoisotopic (exact) mass is 243 g/mol. The van der Waals surface area contributed by atoms with E-state index in [-0.39, 0.29) is 6.10 Å². The van der Waals surface area contributed by atoms with Crippen LogP contribution in [0.25, 0.3) is 10.8 Å². The number of aliphatic hydroxyl groups is 1. The summed E-state index contributed by atoms with van der Waals surface area (Å²) in [4.78, 5) is 2.27. The second-order valence-electron chi connectivity index (χ2n) is 5.04. The maximum absolute atomic E-state index is 9.51. The van der Waals surface area contributed by atoms with Crippen LogP contribution in [0.1, 0.15) is 12.0 Å². The lowest BCUT2D eigenvalue weighted by molar-refractivity contribution is 0.175. The zero-order valence-corrected chi connectivity index (χ0v) is 10.2. The summed E-state index contributed by atoms with van der Waals surface area (Å²) in [6.07, 6.45) is 0.712. The molecule has 3 nitrogen and oxygen atoms in total. The van der Waals surface area contributed by atoms with Crippen molar-refractivity contribution < 1.29 is 10.2 Å². The maximum Gasteiger partial charge on any atom is 0.116 e. The van der Waals surface area contributed by atoms with Crippen LogP contribution in [0.4, 0.5) is 0 Å². The highest BCUT2D eigenvalue weighted by atomic mass is 16.3. The van der Waals surface area contributed by atoms with Gasteiger partial charge in [0.05, 0.1) is 6.10 Å². The van der Waals surface area contributed by atoms with Crippen molar-refractivity contribution in [3.8, 4) is 5.75 Å². The van der Waals surface area contributed by atoms with Crippen LogP contribution in [-0.4, -0.2) is 34.3 Å². The molecule has 2 aromatic carbocycles. The lowest BCUT2D eigenvalue weighted by Gasteiger charge is -2.15. The number of likely N-dealkylation sites (tertiary alicyclic amines) is 1. The van der Waals surface area contributed by atoms with E-state index >= 15 is 0 Å². The van der Waals surface area contributed by atoms with Crippen LogP contribution in [0.15, 0.2) is 36.4 Å². The SMILES string of the molecule is Oc1ccc2cc(CN3CCC(O)C3)ccc2c1. The average molecular weight is 243 g/mol. The van der Waals surface area contributed by atoms with Crippen LogP contribution in [-0.2, 0) is 6.54 Å². The van der Waals surface area contributed by atoms with E-state index in [0.29, 0.717) is 5.75 Å². The van der Waals surface area contributed by atoms with Gasteiger partial charge in [0, 0.05) is 19.6 Å². The van der Waals surface area contributed by atoms with Gasteiger partial charge in [-0.3, -0.25) is 4.90 Å². The third-order valence-electron chi connectivity index (χ3n) is 3.54. The van der Waals surface area contributed by atoms with Crippen LogP contribution in [0.3, 0.4) is 0 Å². The Kier molecular flexibility index (Phi) is 2.94. The molecule has 1 fully saturated rings. The van der Waals surface area contributed by atoms with Gasteiger partial charge in [-0.1, -0.05) is 18.2 Å². The van der Waals surface area contributed by atoms with Gasteiger partial charge in [0.2, 0.25) is 0 Å². The molecule has 0 aromatic heterocycles. The predicted molar refractivity (Wildman–Crippen MR) is 71.5 cm³/mol. The number of rotatable bonds is 2. The molecule has 1 heterocycles. The van der Waals surface area contributed by atoms with Crippen molar-refractivity contribution >= 4 is 10.8 Å². The molecular formula is C15H17NO2. The Morgan fingerprint density at radius 2 is 1.89 bits per heavy atom. The van der Waals surface area contributed by atoms with Gasteiger partial charge in [0.1, 0.15) is 5.75 Å². The molecule has 3 heteroatoms. The molecule has 2 aromatic rings. The number of aliphatic hydroxyl groups excluding tert-OH is 1. The van der Waals surface area contributed by atoms with E-state index in [9.17, 15) is 10.2 Å². The summed E-state index contributed by atoms with van der Waals surface area (Å²) in [5.41, 5.74) is 1.25. The Hall–Kier alpha value is -1.58. The van der Waals surface area contributed by atoms with E-state index in [1.165, 1.54) is 5.56 Å². The average Bonchev–Trinajstić information content (AvgIpc) is 2.75. The number of fused-ring (bicyclic) bond motifs is 1. The number of β-amino-alcohol motifs (C(OH)–C–C–N with tert-alkyl or cyclic N) is 1. The third-order valence-corrected chi connectivity index (χ3v) is 3.54. The first kappa shape index (κ1) is 11.5. The van der Waals surface area contributed by atoms with Gasteiger partial charge in [-0.25, -0.2) is 0 Å². The molecule has 3 rings (SSSR count). The zero-order valence-electron chi connectivity index (χ0n) is 10.2. The fourth-order valence-corrected chi connectivity index (χ4v) is 2.59. The van der Waals surface area contributed by atoms with Gasteiger partial charge in [0.15, 0.2) is 0 Å². The minimum Gasteiger partial charge on any atom is -0.508 e. The van der Waals surface area contributed by atoms with E-state index in [0.717, 1.165) is 36.8 Å². The minimum atomic E-state index is -0.164. The summed E-state index contributed by atoms with van der Waals surface area (Å²) in [5, 5.41) is 21.1. The highest BCUT2D eigenvalue weighted by molar-refractivity contribution is 5.84. The van der Waals surface area contributed by atoms with E-state index in [2.05, 4.69) is 17.0 Å². The van der Waals surface area contributed by atoms with E-state index in [1.807, 2.05) is 12.1 Å². The predicted octanol–water partition coefficient (Wildman–Crippen LogP) is 2.11. The second kappa shape index (κ2) is 4.59. The van der Waals surface area contributed by atoms with E-state index < -0.39 is 0 Å². The summed E-state index contributed by atoms with van der Waals surface area (Å²) in [6.45, 7) is 2.62. The molecule has 0 radical (unpaired) electrons. The number of nitrogens with zero attached hydrogens (tertiary/aromatic N) is 1. The number of hydrogen-bond donors (Lipinski definition) is 2. The van der Waals surface area contributed by atoms with Crippen molar-refractivity contribution in [1.82, 2.24) is 4.90 Å². The molecule has 1 unspecified atom stereocenters. The van der Waals surface area contributed by atoms with Gasteiger partial charge in [-0.05, 0) is 41.0 Å². The highest BCUT2D eigenvalue weighted by Crippen LogP contribution is 2.22. The van der Waals surface area contributed by atoms with Gasteiger partial charge in [-0.2, -0.15) is 0 Å². The molecular weight excluding hydrogens is 226 g/mol. The van der Waals surface area contributed by atoms with Crippen molar-refractivity contribution in [2.24, 2.45) is 0 Å². The second-order valence-corrected chi connectivity index (χ2v) is 5.04.